The highest BCUT2D eigenvalue weighted by atomic mass is 79.9. The fourth-order valence-electron chi connectivity index (χ4n) is 3.27. The van der Waals surface area contributed by atoms with E-state index in [2.05, 4.69) is 26.3 Å². The molecule has 7 nitrogen and oxygen atoms in total. The van der Waals surface area contributed by atoms with Gasteiger partial charge in [0.1, 0.15) is 18.2 Å². The van der Waals surface area contributed by atoms with Gasteiger partial charge in [-0.25, -0.2) is 9.48 Å². The molecule has 0 aliphatic carbocycles. The summed E-state index contributed by atoms with van der Waals surface area (Å²) in [5.41, 5.74) is 1.94. The van der Waals surface area contributed by atoms with E-state index >= 15 is 0 Å². The summed E-state index contributed by atoms with van der Waals surface area (Å²) < 4.78 is 13.2. The van der Waals surface area contributed by atoms with Crippen LogP contribution in [-0.2, 0) is 11.3 Å². The molecule has 0 spiro atoms. The molecule has 3 aromatic carbocycles. The van der Waals surface area contributed by atoms with Crippen LogP contribution >= 0.6 is 27.5 Å². The maximum absolute atomic E-state index is 13.0. The molecule has 0 fully saturated rings. The summed E-state index contributed by atoms with van der Waals surface area (Å²) in [5.74, 6) is -0.177. The van der Waals surface area contributed by atoms with E-state index in [1.54, 1.807) is 43.3 Å². The van der Waals surface area contributed by atoms with Crippen LogP contribution in [0.25, 0.3) is 5.69 Å². The molecule has 0 aliphatic heterocycles. The molecular weight excluding hydrogens is 534 g/mol. The van der Waals surface area contributed by atoms with Crippen molar-refractivity contribution in [1.29, 1.82) is 0 Å². The standard InChI is InChI=1S/C26H21BrClN3O4/c1-2-34-26(33)23-15-24(29-25(32)21-13-18(27)11-12-22(21)28)31(30-23)19-9-6-10-20(14-19)35-16-17-7-4-3-5-8-17/h3-15H,2,16H2,1H3,(H,29,32). The largest absolute Gasteiger partial charge is 0.489 e. The first-order valence-electron chi connectivity index (χ1n) is 10.8. The van der Waals surface area contributed by atoms with Crippen LogP contribution in [0.5, 0.6) is 5.75 Å². The number of hydrogen-bond donors (Lipinski definition) is 1. The molecule has 0 aliphatic rings. The minimum absolute atomic E-state index is 0.0538. The van der Waals surface area contributed by atoms with Gasteiger partial charge in [-0.2, -0.15) is 5.10 Å². The molecule has 0 saturated heterocycles. The molecule has 0 unspecified atom stereocenters. The third kappa shape index (κ3) is 6.09. The second-order valence-corrected chi connectivity index (χ2v) is 8.72. The van der Waals surface area contributed by atoms with E-state index in [-0.39, 0.29) is 23.7 Å². The van der Waals surface area contributed by atoms with Gasteiger partial charge in [0.15, 0.2) is 5.69 Å². The number of anilines is 1. The van der Waals surface area contributed by atoms with E-state index in [9.17, 15) is 9.59 Å². The van der Waals surface area contributed by atoms with Gasteiger partial charge in [-0.1, -0.05) is 63.9 Å². The van der Waals surface area contributed by atoms with Gasteiger partial charge < -0.3 is 14.8 Å². The number of amides is 1. The third-order valence-corrected chi connectivity index (χ3v) is 5.74. The van der Waals surface area contributed by atoms with E-state index in [4.69, 9.17) is 21.1 Å². The van der Waals surface area contributed by atoms with Gasteiger partial charge in [0.25, 0.3) is 5.91 Å². The molecule has 1 N–H and O–H groups in total. The zero-order valence-corrected chi connectivity index (χ0v) is 21.0. The van der Waals surface area contributed by atoms with Crippen LogP contribution in [-0.4, -0.2) is 28.3 Å². The van der Waals surface area contributed by atoms with E-state index < -0.39 is 11.9 Å². The second kappa shape index (κ2) is 11.2. The number of hydrogen-bond acceptors (Lipinski definition) is 5. The van der Waals surface area contributed by atoms with Crippen molar-refractivity contribution in [3.63, 3.8) is 0 Å². The molecule has 1 heterocycles. The molecule has 1 aromatic heterocycles. The fraction of sp³-hybridized carbons (Fsp3) is 0.115. The summed E-state index contributed by atoms with van der Waals surface area (Å²) in [7, 11) is 0. The van der Waals surface area contributed by atoms with Gasteiger partial charge >= 0.3 is 5.97 Å². The van der Waals surface area contributed by atoms with E-state index in [1.807, 2.05) is 36.4 Å². The number of carbonyl (C=O) groups is 2. The van der Waals surface area contributed by atoms with Crippen molar-refractivity contribution >= 4 is 45.2 Å². The molecule has 4 aromatic rings. The van der Waals surface area contributed by atoms with Crippen LogP contribution in [0.15, 0.2) is 83.3 Å². The summed E-state index contributed by atoms with van der Waals surface area (Å²) in [6.07, 6.45) is 0. The molecule has 0 saturated carbocycles. The van der Waals surface area contributed by atoms with Gasteiger partial charge in [0.05, 0.1) is 22.9 Å². The summed E-state index contributed by atoms with van der Waals surface area (Å²) >= 11 is 9.57. The lowest BCUT2D eigenvalue weighted by Gasteiger charge is -2.12. The first-order chi connectivity index (χ1) is 16.9. The maximum Gasteiger partial charge on any atom is 0.358 e. The quantitative estimate of drug-likeness (QED) is 0.259. The highest BCUT2D eigenvalue weighted by Gasteiger charge is 2.20. The minimum atomic E-state index is -0.598. The summed E-state index contributed by atoms with van der Waals surface area (Å²) in [6, 6.07) is 23.4. The Bertz CT molecular complexity index is 1360. The fourth-order valence-corrected chi connectivity index (χ4v) is 3.84. The molecule has 0 bridgehead atoms. The van der Waals surface area contributed by atoms with Gasteiger partial charge in [-0.05, 0) is 42.8 Å². The Kier molecular flexibility index (Phi) is 7.84. The zero-order valence-electron chi connectivity index (χ0n) is 18.7. The first-order valence-corrected chi connectivity index (χ1v) is 11.9. The number of benzene rings is 3. The highest BCUT2D eigenvalue weighted by molar-refractivity contribution is 9.10. The van der Waals surface area contributed by atoms with Gasteiger partial charge in [-0.3, -0.25) is 4.79 Å². The Morgan fingerprint density at radius 2 is 1.83 bits per heavy atom. The number of aromatic nitrogens is 2. The number of rotatable bonds is 8. The van der Waals surface area contributed by atoms with E-state index in [1.165, 1.54) is 10.7 Å². The Morgan fingerprint density at radius 3 is 2.60 bits per heavy atom. The van der Waals surface area contributed by atoms with Gasteiger partial charge in [0.2, 0.25) is 0 Å². The van der Waals surface area contributed by atoms with Crippen molar-refractivity contribution in [1.82, 2.24) is 9.78 Å². The normalized spacial score (nSPS) is 10.6. The van der Waals surface area contributed by atoms with Crippen LogP contribution in [0.4, 0.5) is 5.82 Å². The molecule has 0 radical (unpaired) electrons. The summed E-state index contributed by atoms with van der Waals surface area (Å²) in [5, 5.41) is 7.46. The van der Waals surface area contributed by atoms with Crippen LogP contribution in [0.2, 0.25) is 5.02 Å². The first kappa shape index (κ1) is 24.5. The lowest BCUT2D eigenvalue weighted by molar-refractivity contribution is 0.0518. The predicted molar refractivity (Wildman–Crippen MR) is 137 cm³/mol. The monoisotopic (exact) mass is 553 g/mol. The number of nitrogens with one attached hydrogen (secondary N) is 1. The van der Waals surface area contributed by atoms with Gasteiger partial charge in [0, 0.05) is 16.6 Å². The second-order valence-electron chi connectivity index (χ2n) is 7.40. The van der Waals surface area contributed by atoms with Crippen LogP contribution in [0, 0.1) is 0 Å². The molecule has 1 amide bonds. The molecule has 178 valence electrons. The van der Waals surface area contributed by atoms with Crippen molar-refractivity contribution in [3.05, 3.63) is 105 Å². The van der Waals surface area contributed by atoms with Crippen molar-refractivity contribution in [3.8, 4) is 11.4 Å². The van der Waals surface area contributed by atoms with Crippen molar-refractivity contribution in [2.24, 2.45) is 0 Å². The SMILES string of the molecule is CCOC(=O)c1cc(NC(=O)c2cc(Br)ccc2Cl)n(-c2cccc(OCc3ccccc3)c2)n1. The Labute approximate surface area is 215 Å². The highest BCUT2D eigenvalue weighted by Crippen LogP contribution is 2.25. The molecule has 4 rings (SSSR count). The molecule has 0 atom stereocenters. The predicted octanol–water partition coefficient (Wildman–Crippen LogP) is 6.30. The van der Waals surface area contributed by atoms with Crippen LogP contribution in [0.1, 0.15) is 33.3 Å². The van der Waals surface area contributed by atoms with Crippen LogP contribution in [0.3, 0.4) is 0 Å². The Morgan fingerprint density at radius 1 is 1.03 bits per heavy atom. The zero-order chi connectivity index (χ0) is 24.8. The smallest absolute Gasteiger partial charge is 0.358 e. The molecular formula is C26H21BrClN3O4. The lowest BCUT2D eigenvalue weighted by Crippen LogP contribution is -2.15. The van der Waals surface area contributed by atoms with Crippen LogP contribution < -0.4 is 10.1 Å². The maximum atomic E-state index is 13.0. The Hall–Kier alpha value is -3.62. The lowest BCUT2D eigenvalue weighted by atomic mass is 10.2. The average Bonchev–Trinajstić information content (AvgIpc) is 3.29. The summed E-state index contributed by atoms with van der Waals surface area (Å²) in [6.45, 7) is 2.30. The average molecular weight is 555 g/mol. The number of esters is 1. The van der Waals surface area contributed by atoms with E-state index in [0.29, 0.717) is 27.5 Å². The number of nitrogens with zero attached hydrogens (tertiary/aromatic N) is 2. The van der Waals surface area contributed by atoms with E-state index in [0.717, 1.165) is 5.56 Å². The number of ether oxygens (including phenoxy) is 2. The third-order valence-electron chi connectivity index (χ3n) is 4.92. The Balaban J connectivity index is 1.65. The number of carbonyl (C=O) groups excluding carboxylic acids is 2. The van der Waals surface area contributed by atoms with Gasteiger partial charge in [-0.15, -0.1) is 0 Å². The summed E-state index contributed by atoms with van der Waals surface area (Å²) in [4.78, 5) is 25.4. The topological polar surface area (TPSA) is 82.5 Å². The number of halogens is 2. The van der Waals surface area contributed by atoms with Crippen molar-refractivity contribution in [2.45, 2.75) is 13.5 Å². The van der Waals surface area contributed by atoms with Crippen molar-refractivity contribution in [2.75, 3.05) is 11.9 Å². The minimum Gasteiger partial charge on any atom is -0.489 e. The van der Waals surface area contributed by atoms with Crippen molar-refractivity contribution < 1.29 is 19.1 Å². The molecule has 35 heavy (non-hydrogen) atoms. The molecule has 9 heteroatoms.